The second-order valence-corrected chi connectivity index (χ2v) is 15.9. The Hall–Kier alpha value is -6.70. The molecule has 10 rings (SSSR count). The van der Waals surface area contributed by atoms with Crippen molar-refractivity contribution in [3.63, 3.8) is 0 Å². The van der Waals surface area contributed by atoms with Gasteiger partial charge >= 0.3 is 36.1 Å². The first-order valence-electron chi connectivity index (χ1n) is 19.5. The summed E-state index contributed by atoms with van der Waals surface area (Å²) < 4.78 is 34.9. The number of esters is 4. The number of ether oxygens (including phenoxy) is 6. The lowest BCUT2D eigenvalue weighted by molar-refractivity contribution is -0.429. The number of methoxy groups -OCH3 is 4. The van der Waals surface area contributed by atoms with Crippen LogP contribution >= 0.6 is 0 Å². The third-order valence-corrected chi connectivity index (χ3v) is 13.9. The third-order valence-electron chi connectivity index (χ3n) is 13.9. The lowest BCUT2D eigenvalue weighted by atomic mass is 9.15. The van der Waals surface area contributed by atoms with Gasteiger partial charge in [0.15, 0.2) is 0 Å². The zero-order valence-electron chi connectivity index (χ0n) is 33.2. The monoisotopic (exact) mass is 814 g/mol. The highest BCUT2D eigenvalue weighted by molar-refractivity contribution is 6.06. The number of hydrogen-bond donors (Lipinski definition) is 0. The lowest BCUT2D eigenvalue weighted by Gasteiger charge is -2.93. The molecule has 0 N–H and O–H groups in total. The Kier molecular flexibility index (Phi) is 9.03. The zero-order valence-corrected chi connectivity index (χ0v) is 33.2. The van der Waals surface area contributed by atoms with Crippen LogP contribution in [0.5, 0.6) is 0 Å². The van der Waals surface area contributed by atoms with Crippen LogP contribution in [0.3, 0.4) is 0 Å². The summed E-state index contributed by atoms with van der Waals surface area (Å²) in [6, 6.07) is 28.9. The lowest BCUT2D eigenvalue weighted by Crippen LogP contribution is -3.10. The Labute approximate surface area is 345 Å². The van der Waals surface area contributed by atoms with Crippen LogP contribution in [0.2, 0.25) is 0 Å². The number of benzene rings is 4. The molecular formula is C46H42N2O12. The number of rotatable bonds is 10. The van der Waals surface area contributed by atoms with Gasteiger partial charge in [-0.15, -0.1) is 0 Å². The van der Waals surface area contributed by atoms with E-state index < -0.39 is 93.7 Å². The van der Waals surface area contributed by atoms with Gasteiger partial charge in [0.05, 0.1) is 52.6 Å². The molecule has 2 saturated carbocycles. The highest BCUT2D eigenvalue weighted by Crippen LogP contribution is 2.92. The molecule has 4 aliphatic heterocycles. The average molecular weight is 815 g/mol. The average Bonchev–Trinajstić information content (AvgIpc) is 3.28. The molecule has 0 radical (unpaired) electrons. The molecular weight excluding hydrogens is 773 g/mol. The molecule has 0 spiro atoms. The van der Waals surface area contributed by atoms with Crippen LogP contribution in [0.4, 0.5) is 9.59 Å². The van der Waals surface area contributed by atoms with Crippen molar-refractivity contribution in [1.29, 1.82) is 0 Å². The fourth-order valence-electron chi connectivity index (χ4n) is 12.7. The first kappa shape index (κ1) is 38.8. The summed E-state index contributed by atoms with van der Waals surface area (Å²) in [5.41, 5.74) is -6.25. The maximum atomic E-state index is 15.3. The van der Waals surface area contributed by atoms with Gasteiger partial charge < -0.3 is 28.4 Å². The standard InChI is InChI=1S/C46H42N2O12/c1-55-37(49)43-31(29-21-13-7-14-22-29)44(38(50)56-2)35-46(40(52)58-4)32(30-23-15-8-16-24-30)45(39(51)57-3,33(43)47(35)41(53)59-25-27-17-9-5-10-18-27)34(43)48(36(44)46)42(54)60-26-28-19-11-6-12-20-28/h5-24,31-36H,25-26H2,1-4H3. The molecule has 60 heavy (non-hydrogen) atoms. The van der Waals surface area contributed by atoms with E-state index in [-0.39, 0.29) is 13.2 Å². The Balaban J connectivity index is 1.40. The van der Waals surface area contributed by atoms with Gasteiger partial charge in [-0.1, -0.05) is 121 Å². The van der Waals surface area contributed by atoms with Crippen LogP contribution in [0, 0.1) is 21.7 Å². The maximum absolute atomic E-state index is 15.3. The molecule has 6 fully saturated rings. The summed E-state index contributed by atoms with van der Waals surface area (Å²) in [6.07, 6.45) is -2.04. The van der Waals surface area contributed by atoms with Crippen molar-refractivity contribution in [1.82, 2.24) is 9.80 Å². The van der Waals surface area contributed by atoms with Gasteiger partial charge in [0.1, 0.15) is 34.9 Å². The molecule has 14 nitrogen and oxygen atoms in total. The van der Waals surface area contributed by atoms with E-state index in [9.17, 15) is 0 Å². The van der Waals surface area contributed by atoms with Crippen LogP contribution in [0.15, 0.2) is 121 Å². The molecule has 14 heteroatoms. The zero-order chi connectivity index (χ0) is 42.2. The summed E-state index contributed by atoms with van der Waals surface area (Å²) in [5.74, 6) is -6.18. The van der Waals surface area contributed by atoms with Crippen molar-refractivity contribution in [2.24, 2.45) is 21.7 Å². The van der Waals surface area contributed by atoms with Crippen LogP contribution in [-0.2, 0) is 60.8 Å². The summed E-state index contributed by atoms with van der Waals surface area (Å²) in [5, 5.41) is 0. The largest absolute Gasteiger partial charge is 0.468 e. The molecule has 4 heterocycles. The fourth-order valence-corrected chi connectivity index (χ4v) is 12.7. The van der Waals surface area contributed by atoms with Gasteiger partial charge in [-0.05, 0) is 22.3 Å². The summed E-state index contributed by atoms with van der Waals surface area (Å²) in [4.78, 5) is 94.2. The Bertz CT molecular complexity index is 2120. The first-order chi connectivity index (χ1) is 29.1. The number of carbonyl (C=O) groups is 6. The van der Waals surface area contributed by atoms with Crippen LogP contribution in [-0.4, -0.2) is 98.5 Å². The van der Waals surface area contributed by atoms with E-state index in [1.165, 1.54) is 9.80 Å². The van der Waals surface area contributed by atoms with Gasteiger partial charge in [0.25, 0.3) is 0 Å². The predicted octanol–water partition coefficient (Wildman–Crippen LogP) is 5.01. The first-order valence-corrected chi connectivity index (χ1v) is 19.5. The molecule has 0 aromatic heterocycles. The normalized spacial score (nSPS) is 32.1. The minimum Gasteiger partial charge on any atom is -0.468 e. The molecule has 308 valence electrons. The van der Waals surface area contributed by atoms with E-state index in [2.05, 4.69) is 0 Å². The Morgan fingerprint density at radius 1 is 0.417 bits per heavy atom. The van der Waals surface area contributed by atoms with Crippen molar-refractivity contribution in [2.75, 3.05) is 28.4 Å². The number of nitrogens with zero attached hydrogens (tertiary/aromatic N) is 2. The van der Waals surface area contributed by atoms with Crippen molar-refractivity contribution < 1.29 is 57.2 Å². The summed E-state index contributed by atoms with van der Waals surface area (Å²) in [7, 11) is 4.66. The fraction of sp³-hybridized carbons (Fsp3) is 0.348. The van der Waals surface area contributed by atoms with E-state index in [1.54, 1.807) is 121 Å². The minimum atomic E-state index is -2.10. The van der Waals surface area contributed by atoms with E-state index in [1.807, 2.05) is 0 Å². The Morgan fingerprint density at radius 3 is 0.917 bits per heavy atom. The van der Waals surface area contributed by atoms with Gasteiger partial charge in [-0.25, -0.2) is 9.59 Å². The summed E-state index contributed by atoms with van der Waals surface area (Å²) in [6.45, 7) is -0.477. The highest BCUT2D eigenvalue weighted by atomic mass is 16.6. The molecule has 2 aliphatic carbocycles. The molecule has 4 saturated heterocycles. The quantitative estimate of drug-likeness (QED) is 0.156. The predicted molar refractivity (Wildman–Crippen MR) is 208 cm³/mol. The molecule has 6 aliphatic rings. The molecule has 2 amide bonds. The van der Waals surface area contributed by atoms with Crippen LogP contribution in [0.25, 0.3) is 0 Å². The smallest absolute Gasteiger partial charge is 0.410 e. The van der Waals surface area contributed by atoms with E-state index >= 15 is 28.8 Å². The molecule has 0 atom stereocenters. The van der Waals surface area contributed by atoms with Gasteiger partial charge in [0.2, 0.25) is 0 Å². The van der Waals surface area contributed by atoms with Gasteiger partial charge in [0, 0.05) is 11.8 Å². The van der Waals surface area contributed by atoms with Crippen molar-refractivity contribution in [2.45, 2.75) is 49.2 Å². The molecule has 4 aromatic carbocycles. The highest BCUT2D eigenvalue weighted by Gasteiger charge is 3.08. The second-order valence-electron chi connectivity index (χ2n) is 15.9. The van der Waals surface area contributed by atoms with Gasteiger partial charge in [-0.2, -0.15) is 0 Å². The topological polar surface area (TPSA) is 164 Å². The van der Waals surface area contributed by atoms with E-state index in [4.69, 9.17) is 28.4 Å². The van der Waals surface area contributed by atoms with Crippen molar-refractivity contribution in [3.05, 3.63) is 144 Å². The molecule has 8 bridgehead atoms. The SMILES string of the molecule is COC(=O)C12C(c3ccccc3)C3(C(=O)OC)C4N(C(=O)OCc5ccccc5)C1C1(C(=O)OC)C(c5ccccc5)C4(C(=O)OC)C3N(C(=O)OCc3ccccc3)C21. The number of amides is 2. The van der Waals surface area contributed by atoms with Gasteiger partial charge in [-0.3, -0.25) is 29.0 Å². The molecule has 4 aromatic rings. The number of piperidine rings is 4. The second kappa shape index (κ2) is 14.0. The Morgan fingerprint density at radius 2 is 0.667 bits per heavy atom. The maximum Gasteiger partial charge on any atom is 0.410 e. The minimum absolute atomic E-state index is 0.239. The number of carbonyl (C=O) groups excluding carboxylic acids is 6. The van der Waals surface area contributed by atoms with Crippen molar-refractivity contribution in [3.8, 4) is 0 Å². The third kappa shape index (κ3) is 4.42. The molecule has 0 unspecified atom stereocenters. The number of hydrogen-bond acceptors (Lipinski definition) is 12. The van der Waals surface area contributed by atoms with E-state index in [0.29, 0.717) is 22.3 Å². The summed E-state index contributed by atoms with van der Waals surface area (Å²) >= 11 is 0. The van der Waals surface area contributed by atoms with Crippen molar-refractivity contribution >= 4 is 36.1 Å². The van der Waals surface area contributed by atoms with Crippen LogP contribution < -0.4 is 0 Å². The van der Waals surface area contributed by atoms with E-state index in [0.717, 1.165) is 28.4 Å². The van der Waals surface area contributed by atoms with Crippen LogP contribution in [0.1, 0.15) is 34.1 Å².